The molecule has 11 atom stereocenters. The quantitative estimate of drug-likeness (QED) is 0.452. The third kappa shape index (κ3) is 3.26. The van der Waals surface area contributed by atoms with Gasteiger partial charge in [-0.05, 0) is 37.0 Å². The Morgan fingerprint density at radius 1 is 1.06 bits per heavy atom. The first-order valence-electron chi connectivity index (χ1n) is 13.0. The maximum atomic E-state index is 14.0. The molecule has 2 heterocycles. The Morgan fingerprint density at radius 3 is 2.36 bits per heavy atom. The van der Waals surface area contributed by atoms with Crippen molar-refractivity contribution in [3.63, 3.8) is 0 Å². The number of aliphatic hydroxyl groups excluding tert-OH is 1. The average molecular weight is 505 g/mol. The van der Waals surface area contributed by atoms with Gasteiger partial charge in [0.25, 0.3) is 0 Å². The summed E-state index contributed by atoms with van der Waals surface area (Å²) in [6.45, 7) is 8.91. The van der Waals surface area contributed by atoms with E-state index in [1.165, 1.54) is 6.92 Å². The van der Waals surface area contributed by atoms with Gasteiger partial charge in [0.2, 0.25) is 0 Å². The van der Waals surface area contributed by atoms with Crippen LogP contribution in [0.15, 0.2) is 0 Å². The smallest absolute Gasteiger partial charge is 0.306 e. The Hall–Kier alpha value is -2.29. The highest BCUT2D eigenvalue weighted by Crippen LogP contribution is 2.71. The van der Waals surface area contributed by atoms with E-state index in [-0.39, 0.29) is 55.2 Å². The van der Waals surface area contributed by atoms with Crippen LogP contribution in [0, 0.1) is 45.8 Å². The second-order valence-corrected chi connectivity index (χ2v) is 12.5. The topological polar surface area (TPSA) is 133 Å². The van der Waals surface area contributed by atoms with Crippen LogP contribution in [0.25, 0.3) is 0 Å². The number of rotatable bonds is 3. The third-order valence-corrected chi connectivity index (χ3v) is 10.6. The predicted molar refractivity (Wildman–Crippen MR) is 123 cm³/mol. The maximum absolute atomic E-state index is 14.0. The van der Waals surface area contributed by atoms with E-state index in [4.69, 9.17) is 14.2 Å². The molecular formula is C27H36O9. The van der Waals surface area contributed by atoms with Crippen LogP contribution in [0.3, 0.4) is 0 Å². The Morgan fingerprint density at radius 2 is 1.75 bits per heavy atom. The van der Waals surface area contributed by atoms with Crippen LogP contribution < -0.4 is 0 Å². The largest absolute Gasteiger partial charge is 0.465 e. The zero-order valence-corrected chi connectivity index (χ0v) is 21.6. The number of ketones is 2. The van der Waals surface area contributed by atoms with Crippen LogP contribution in [0.1, 0.15) is 66.7 Å². The summed E-state index contributed by atoms with van der Waals surface area (Å²) in [6, 6.07) is 0. The van der Waals surface area contributed by atoms with E-state index >= 15 is 0 Å². The van der Waals surface area contributed by atoms with E-state index in [9.17, 15) is 29.1 Å². The number of fused-ring (bicyclic) bond motifs is 2. The highest BCUT2D eigenvalue weighted by molar-refractivity contribution is 5.93. The third-order valence-electron chi connectivity index (χ3n) is 10.6. The maximum Gasteiger partial charge on any atom is 0.306 e. The Kier molecular flexibility index (Phi) is 5.71. The second kappa shape index (κ2) is 8.10. The number of ether oxygens (including phenoxy) is 3. The van der Waals surface area contributed by atoms with Crippen molar-refractivity contribution in [2.24, 2.45) is 45.8 Å². The van der Waals surface area contributed by atoms with Gasteiger partial charge in [-0.15, -0.1) is 0 Å². The lowest BCUT2D eigenvalue weighted by atomic mass is 9.35. The van der Waals surface area contributed by atoms with E-state index in [1.54, 1.807) is 6.92 Å². The normalized spacial score (nSPS) is 49.9. The van der Waals surface area contributed by atoms with Gasteiger partial charge in [-0.1, -0.05) is 27.7 Å². The van der Waals surface area contributed by atoms with E-state index in [2.05, 4.69) is 0 Å². The summed E-state index contributed by atoms with van der Waals surface area (Å²) >= 11 is 0. The minimum absolute atomic E-state index is 0.00574. The van der Waals surface area contributed by atoms with Crippen molar-refractivity contribution in [2.45, 2.75) is 85.0 Å². The summed E-state index contributed by atoms with van der Waals surface area (Å²) in [5, 5.41) is 10.8. The summed E-state index contributed by atoms with van der Waals surface area (Å²) in [7, 11) is 0. The lowest BCUT2D eigenvalue weighted by Crippen LogP contribution is -2.74. The number of carbonyl (C=O) groups is 5. The molecule has 0 aromatic rings. The molecule has 1 N–H and O–H groups in total. The number of hydrogen-bond acceptors (Lipinski definition) is 9. The predicted octanol–water partition coefficient (Wildman–Crippen LogP) is 2.01. The Bertz CT molecular complexity index is 1040. The molecule has 36 heavy (non-hydrogen) atoms. The van der Waals surface area contributed by atoms with Crippen molar-refractivity contribution in [1.29, 1.82) is 0 Å². The minimum Gasteiger partial charge on any atom is -0.465 e. The number of Topliss-reactive ketones (excluding diaryl/α,β-unsaturated/α-hetero) is 2. The molecule has 9 nitrogen and oxygen atoms in total. The fourth-order valence-electron chi connectivity index (χ4n) is 9.28. The molecule has 0 aromatic heterocycles. The van der Waals surface area contributed by atoms with Gasteiger partial charge < -0.3 is 19.3 Å². The highest BCUT2D eigenvalue weighted by atomic mass is 16.6. The van der Waals surface area contributed by atoms with Crippen molar-refractivity contribution in [3.05, 3.63) is 0 Å². The first-order chi connectivity index (χ1) is 16.7. The minimum atomic E-state index is -1.12. The van der Waals surface area contributed by atoms with Crippen LogP contribution in [0.5, 0.6) is 0 Å². The highest BCUT2D eigenvalue weighted by Gasteiger charge is 2.75. The van der Waals surface area contributed by atoms with Crippen molar-refractivity contribution < 1.29 is 43.3 Å². The molecule has 5 fully saturated rings. The van der Waals surface area contributed by atoms with Gasteiger partial charge in [0, 0.05) is 35.5 Å². The second-order valence-electron chi connectivity index (χ2n) is 12.5. The molecule has 3 saturated carbocycles. The Balaban J connectivity index is 1.68. The lowest BCUT2D eigenvalue weighted by Gasteiger charge is -2.70. The summed E-state index contributed by atoms with van der Waals surface area (Å²) < 4.78 is 17.0. The first kappa shape index (κ1) is 25.4. The molecule has 0 aromatic carbocycles. The molecule has 198 valence electrons. The van der Waals surface area contributed by atoms with E-state index in [0.29, 0.717) is 12.8 Å². The van der Waals surface area contributed by atoms with E-state index in [1.807, 2.05) is 20.8 Å². The molecule has 0 unspecified atom stereocenters. The number of carbonyl (C=O) groups excluding carboxylic acids is 5. The SMILES string of the molecule is CC(=O)O[C@@H]1C[C@@](C)(C(=O)[C@H]2COC(=O)C2)[C@@H]2CC(=O)O[C@@H]3C[C@H]4[C@H](C)C[C@H](O)C(=O)[C@]4(C)[C@@H]1[C@]23C. The summed E-state index contributed by atoms with van der Waals surface area (Å²) in [6.07, 6.45) is -1.62. The molecule has 0 spiro atoms. The van der Waals surface area contributed by atoms with Crippen molar-refractivity contribution in [3.8, 4) is 0 Å². The standard InChI is InChI=1S/C27H36O9/c1-12-6-16(29)24(33)26(4)15(12)8-19-27(5)18(9-21(31)36-19)25(3,10-17(22(26)27)35-13(2)28)23(32)14-7-20(30)34-11-14/h12,14-19,22,29H,6-11H2,1-5H3/t12-,14-,15+,16+,17-,18+,19-,22-,25-,26+,27-/m1/s1. The van der Waals surface area contributed by atoms with E-state index in [0.717, 1.165) is 0 Å². The van der Waals surface area contributed by atoms with Crippen LogP contribution in [-0.4, -0.2) is 59.5 Å². The number of aliphatic hydroxyl groups is 1. The summed E-state index contributed by atoms with van der Waals surface area (Å²) in [5.41, 5.74) is -2.99. The molecule has 2 aliphatic heterocycles. The number of cyclic esters (lactones) is 1. The zero-order valence-electron chi connectivity index (χ0n) is 21.6. The number of esters is 3. The van der Waals surface area contributed by atoms with Crippen molar-refractivity contribution in [2.75, 3.05) is 6.61 Å². The fourth-order valence-corrected chi connectivity index (χ4v) is 9.28. The van der Waals surface area contributed by atoms with Crippen LogP contribution in [-0.2, 0) is 38.2 Å². The van der Waals surface area contributed by atoms with Crippen LogP contribution in [0.4, 0.5) is 0 Å². The molecule has 3 aliphatic carbocycles. The van der Waals surface area contributed by atoms with E-state index < -0.39 is 64.2 Å². The summed E-state index contributed by atoms with van der Waals surface area (Å²) in [5.74, 6) is -3.67. The monoisotopic (exact) mass is 504 g/mol. The molecule has 5 rings (SSSR count). The number of hydrogen-bond donors (Lipinski definition) is 1. The van der Waals surface area contributed by atoms with Gasteiger partial charge >= 0.3 is 17.9 Å². The van der Waals surface area contributed by atoms with Crippen molar-refractivity contribution in [1.82, 2.24) is 0 Å². The molecule has 2 saturated heterocycles. The van der Waals surface area contributed by atoms with Crippen LogP contribution in [0.2, 0.25) is 0 Å². The van der Waals surface area contributed by atoms with Gasteiger partial charge in [-0.2, -0.15) is 0 Å². The fraction of sp³-hybridized carbons (Fsp3) is 0.815. The van der Waals surface area contributed by atoms with Gasteiger partial charge in [0.15, 0.2) is 5.78 Å². The molecular weight excluding hydrogens is 468 g/mol. The Labute approximate surface area is 210 Å². The van der Waals surface area contributed by atoms with Gasteiger partial charge in [0.1, 0.15) is 30.7 Å². The molecule has 0 amide bonds. The van der Waals surface area contributed by atoms with Gasteiger partial charge in [-0.3, -0.25) is 24.0 Å². The van der Waals surface area contributed by atoms with Crippen molar-refractivity contribution >= 4 is 29.5 Å². The van der Waals surface area contributed by atoms with Gasteiger partial charge in [0.05, 0.1) is 12.3 Å². The molecule has 9 heteroatoms. The molecule has 0 radical (unpaired) electrons. The molecule has 5 aliphatic rings. The first-order valence-corrected chi connectivity index (χ1v) is 13.0. The summed E-state index contributed by atoms with van der Waals surface area (Å²) in [4.78, 5) is 64.9. The van der Waals surface area contributed by atoms with Crippen LogP contribution >= 0.6 is 0 Å². The zero-order chi connectivity index (χ0) is 26.4. The lowest BCUT2D eigenvalue weighted by molar-refractivity contribution is -0.277. The molecule has 0 bridgehead atoms. The average Bonchev–Trinajstić information content (AvgIpc) is 3.21. The van der Waals surface area contributed by atoms with Gasteiger partial charge in [-0.25, -0.2) is 0 Å².